The molecule has 3 rings (SSSR count). The van der Waals surface area contributed by atoms with Gasteiger partial charge in [-0.05, 0) is 78.8 Å². The van der Waals surface area contributed by atoms with Crippen molar-refractivity contribution in [1.29, 1.82) is 0 Å². The number of aryl methyl sites for hydroxylation is 1. The van der Waals surface area contributed by atoms with Gasteiger partial charge in [-0.3, -0.25) is 9.78 Å². The average molecular weight is 433 g/mol. The van der Waals surface area contributed by atoms with Crippen LogP contribution in [0.25, 0.3) is 5.57 Å². The SMILES string of the molecule is CC(CCCc1cccnc1)NC(=O)/C=C/C=C(c1cccc(F)c1)c1cccc(F)c1. The first kappa shape index (κ1) is 23.1. The second kappa shape index (κ2) is 11.7. The minimum atomic E-state index is -0.383. The van der Waals surface area contributed by atoms with E-state index in [1.54, 1.807) is 42.6 Å². The van der Waals surface area contributed by atoms with Crippen LogP contribution in [0.2, 0.25) is 0 Å². The van der Waals surface area contributed by atoms with Gasteiger partial charge in [-0.25, -0.2) is 8.78 Å². The van der Waals surface area contributed by atoms with Gasteiger partial charge in [0, 0.05) is 24.5 Å². The van der Waals surface area contributed by atoms with Gasteiger partial charge in [0.05, 0.1) is 0 Å². The molecular formula is C27H26F2N2O. The summed E-state index contributed by atoms with van der Waals surface area (Å²) in [5, 5.41) is 2.95. The highest BCUT2D eigenvalue weighted by atomic mass is 19.1. The lowest BCUT2D eigenvalue weighted by Crippen LogP contribution is -2.31. The predicted octanol–water partition coefficient (Wildman–Crippen LogP) is 5.88. The molecule has 0 radical (unpaired) electrons. The van der Waals surface area contributed by atoms with Gasteiger partial charge >= 0.3 is 0 Å². The molecule has 0 aliphatic carbocycles. The molecule has 0 aliphatic rings. The molecule has 2 aromatic carbocycles. The minimum absolute atomic E-state index is 0.0266. The average Bonchev–Trinajstić information content (AvgIpc) is 2.77. The third kappa shape index (κ3) is 7.27. The van der Waals surface area contributed by atoms with Crippen LogP contribution in [0.5, 0.6) is 0 Å². The second-order valence-corrected chi connectivity index (χ2v) is 7.62. The summed E-state index contributed by atoms with van der Waals surface area (Å²) < 4.78 is 27.5. The summed E-state index contributed by atoms with van der Waals surface area (Å²) in [6.07, 6.45) is 11.0. The maximum atomic E-state index is 13.7. The van der Waals surface area contributed by atoms with Crippen LogP contribution < -0.4 is 5.32 Å². The Morgan fingerprint density at radius 2 is 1.72 bits per heavy atom. The van der Waals surface area contributed by atoms with Crippen molar-refractivity contribution in [2.75, 3.05) is 0 Å². The fraction of sp³-hybridized carbons (Fsp3) is 0.185. The molecule has 5 heteroatoms. The maximum absolute atomic E-state index is 13.7. The first-order valence-electron chi connectivity index (χ1n) is 10.6. The maximum Gasteiger partial charge on any atom is 0.244 e. The van der Waals surface area contributed by atoms with Gasteiger partial charge in [-0.1, -0.05) is 42.5 Å². The van der Waals surface area contributed by atoms with Gasteiger partial charge in [0.1, 0.15) is 11.6 Å². The highest BCUT2D eigenvalue weighted by Gasteiger charge is 2.08. The fourth-order valence-electron chi connectivity index (χ4n) is 3.42. The molecule has 164 valence electrons. The lowest BCUT2D eigenvalue weighted by molar-refractivity contribution is -0.117. The summed E-state index contributed by atoms with van der Waals surface area (Å²) in [6, 6.07) is 16.2. The number of amides is 1. The molecule has 1 atom stereocenters. The number of carbonyl (C=O) groups is 1. The van der Waals surface area contributed by atoms with Crippen molar-refractivity contribution in [3.8, 4) is 0 Å². The van der Waals surface area contributed by atoms with Crippen LogP contribution in [0.1, 0.15) is 36.5 Å². The normalized spacial score (nSPS) is 11.8. The third-order valence-electron chi connectivity index (χ3n) is 5.00. The molecule has 3 aromatic rings. The van der Waals surface area contributed by atoms with E-state index in [1.165, 1.54) is 35.9 Å². The van der Waals surface area contributed by atoms with E-state index in [-0.39, 0.29) is 23.6 Å². The zero-order chi connectivity index (χ0) is 22.8. The molecule has 1 aromatic heterocycles. The Bertz CT molecular complexity index is 1050. The first-order valence-corrected chi connectivity index (χ1v) is 10.6. The molecule has 1 heterocycles. The number of nitrogens with one attached hydrogen (secondary N) is 1. The molecule has 0 aliphatic heterocycles. The number of carbonyl (C=O) groups excluding carboxylic acids is 1. The Morgan fingerprint density at radius 1 is 1.03 bits per heavy atom. The molecule has 3 nitrogen and oxygen atoms in total. The Kier molecular flexibility index (Phi) is 8.44. The van der Waals surface area contributed by atoms with E-state index in [9.17, 15) is 13.6 Å². The van der Waals surface area contributed by atoms with Crippen molar-refractivity contribution in [2.24, 2.45) is 0 Å². The van der Waals surface area contributed by atoms with Gasteiger partial charge in [-0.15, -0.1) is 0 Å². The number of hydrogen-bond acceptors (Lipinski definition) is 2. The Morgan fingerprint density at radius 3 is 2.31 bits per heavy atom. The molecule has 0 spiro atoms. The lowest BCUT2D eigenvalue weighted by atomic mass is 9.97. The van der Waals surface area contributed by atoms with E-state index in [0.29, 0.717) is 16.7 Å². The molecule has 0 saturated carbocycles. The molecule has 0 fully saturated rings. The van der Waals surface area contributed by atoms with Crippen molar-refractivity contribution in [2.45, 2.75) is 32.2 Å². The summed E-state index contributed by atoms with van der Waals surface area (Å²) in [6.45, 7) is 1.97. The van der Waals surface area contributed by atoms with Gasteiger partial charge in [0.2, 0.25) is 5.91 Å². The lowest BCUT2D eigenvalue weighted by Gasteiger charge is -2.12. The number of hydrogen-bond donors (Lipinski definition) is 1. The van der Waals surface area contributed by atoms with E-state index in [2.05, 4.69) is 10.3 Å². The predicted molar refractivity (Wildman–Crippen MR) is 124 cm³/mol. The smallest absolute Gasteiger partial charge is 0.244 e. The van der Waals surface area contributed by atoms with Gasteiger partial charge in [-0.2, -0.15) is 0 Å². The quantitative estimate of drug-likeness (QED) is 0.339. The van der Waals surface area contributed by atoms with Crippen LogP contribution in [0.4, 0.5) is 8.78 Å². The Balaban J connectivity index is 1.62. The summed E-state index contributed by atoms with van der Waals surface area (Å²) >= 11 is 0. The van der Waals surface area contributed by atoms with Crippen molar-refractivity contribution < 1.29 is 13.6 Å². The topological polar surface area (TPSA) is 42.0 Å². The number of aromatic nitrogens is 1. The van der Waals surface area contributed by atoms with E-state index < -0.39 is 0 Å². The molecule has 1 unspecified atom stereocenters. The summed E-state index contributed by atoms with van der Waals surface area (Å²) in [7, 11) is 0. The zero-order valence-electron chi connectivity index (χ0n) is 18.0. The molecular weight excluding hydrogens is 406 g/mol. The molecule has 1 amide bonds. The van der Waals surface area contributed by atoms with Crippen molar-refractivity contribution in [1.82, 2.24) is 10.3 Å². The van der Waals surface area contributed by atoms with Crippen LogP contribution >= 0.6 is 0 Å². The van der Waals surface area contributed by atoms with E-state index in [0.717, 1.165) is 19.3 Å². The number of pyridine rings is 1. The van der Waals surface area contributed by atoms with Gasteiger partial charge in [0.15, 0.2) is 0 Å². The summed E-state index contributed by atoms with van der Waals surface area (Å²) in [5.74, 6) is -0.980. The molecule has 32 heavy (non-hydrogen) atoms. The summed E-state index contributed by atoms with van der Waals surface area (Å²) in [5.41, 5.74) is 3.00. The highest BCUT2D eigenvalue weighted by molar-refractivity contribution is 5.89. The Labute approximate surface area is 187 Å². The van der Waals surface area contributed by atoms with E-state index >= 15 is 0 Å². The van der Waals surface area contributed by atoms with E-state index in [1.807, 2.05) is 25.3 Å². The minimum Gasteiger partial charge on any atom is -0.350 e. The first-order chi connectivity index (χ1) is 15.5. The van der Waals surface area contributed by atoms with Crippen molar-refractivity contribution >= 4 is 11.5 Å². The standard InChI is InChI=1S/C27H26F2N2O/c1-20(7-2-8-21-9-6-16-30-19-21)31-27(32)15-5-14-26(22-10-3-12-24(28)17-22)23-11-4-13-25(29)18-23/h3-6,9-20H,2,7-8H2,1H3,(H,31,32)/b15-5+. The number of halogens is 2. The molecule has 0 saturated heterocycles. The molecule has 0 bridgehead atoms. The van der Waals surface area contributed by atoms with Crippen molar-refractivity contribution in [3.63, 3.8) is 0 Å². The number of rotatable bonds is 9. The third-order valence-corrected chi connectivity index (χ3v) is 5.00. The zero-order valence-corrected chi connectivity index (χ0v) is 18.0. The number of nitrogens with zero attached hydrogens (tertiary/aromatic N) is 1. The monoisotopic (exact) mass is 432 g/mol. The van der Waals surface area contributed by atoms with Crippen LogP contribution in [0, 0.1) is 11.6 Å². The van der Waals surface area contributed by atoms with Crippen LogP contribution in [-0.4, -0.2) is 16.9 Å². The van der Waals surface area contributed by atoms with Crippen LogP contribution in [0.15, 0.2) is 91.3 Å². The summed E-state index contributed by atoms with van der Waals surface area (Å²) in [4.78, 5) is 16.4. The highest BCUT2D eigenvalue weighted by Crippen LogP contribution is 2.24. The number of benzene rings is 2. The second-order valence-electron chi connectivity index (χ2n) is 7.62. The van der Waals surface area contributed by atoms with Crippen molar-refractivity contribution in [3.05, 3.63) is 120 Å². The van der Waals surface area contributed by atoms with Gasteiger partial charge in [0.25, 0.3) is 0 Å². The van der Waals surface area contributed by atoms with Crippen LogP contribution in [-0.2, 0) is 11.2 Å². The molecule has 1 N–H and O–H groups in total. The fourth-order valence-corrected chi connectivity index (χ4v) is 3.42. The number of allylic oxidation sites excluding steroid dienone is 2. The largest absolute Gasteiger partial charge is 0.350 e. The van der Waals surface area contributed by atoms with E-state index in [4.69, 9.17) is 0 Å². The Hall–Kier alpha value is -3.60. The van der Waals surface area contributed by atoms with Gasteiger partial charge < -0.3 is 5.32 Å². The van der Waals surface area contributed by atoms with Crippen LogP contribution in [0.3, 0.4) is 0 Å².